The Morgan fingerprint density at radius 1 is 1.35 bits per heavy atom. The first-order valence-corrected chi connectivity index (χ1v) is 6.86. The fourth-order valence-corrected chi connectivity index (χ4v) is 4.14. The van der Waals surface area contributed by atoms with Gasteiger partial charge in [0.1, 0.15) is 0 Å². The zero-order valence-electron chi connectivity index (χ0n) is 11.3. The van der Waals surface area contributed by atoms with Crippen LogP contribution in [0.3, 0.4) is 0 Å². The van der Waals surface area contributed by atoms with Crippen molar-refractivity contribution in [3.63, 3.8) is 0 Å². The van der Waals surface area contributed by atoms with Crippen molar-refractivity contribution >= 4 is 0 Å². The van der Waals surface area contributed by atoms with Crippen molar-refractivity contribution in [3.05, 3.63) is 12.2 Å². The van der Waals surface area contributed by atoms with Crippen molar-refractivity contribution in [1.29, 1.82) is 0 Å². The standard InChI is InChI=1S/C15H26O2/c1-9(2)11-5-6-15(4)8-13(16)14(17)10(3)12(15)7-11/h10-14,16-17H,1,5-8H2,2-4H3. The Morgan fingerprint density at radius 3 is 2.59 bits per heavy atom. The average Bonchev–Trinajstić information content (AvgIpc) is 2.25. The topological polar surface area (TPSA) is 40.5 Å². The molecule has 0 aromatic heterocycles. The lowest BCUT2D eigenvalue weighted by Gasteiger charge is -2.53. The van der Waals surface area contributed by atoms with Gasteiger partial charge in [-0.15, -0.1) is 0 Å². The van der Waals surface area contributed by atoms with E-state index < -0.39 is 12.2 Å². The number of rotatable bonds is 1. The van der Waals surface area contributed by atoms with Gasteiger partial charge in [0.25, 0.3) is 0 Å². The van der Waals surface area contributed by atoms with Crippen LogP contribution in [-0.2, 0) is 0 Å². The number of allylic oxidation sites excluding steroid dienone is 1. The minimum absolute atomic E-state index is 0.200. The third-order valence-electron chi connectivity index (χ3n) is 5.44. The van der Waals surface area contributed by atoms with Crippen molar-refractivity contribution in [2.75, 3.05) is 0 Å². The molecule has 6 atom stereocenters. The van der Waals surface area contributed by atoms with Crippen LogP contribution in [0, 0.1) is 23.2 Å². The maximum absolute atomic E-state index is 10.1. The molecule has 2 fully saturated rings. The first-order valence-electron chi connectivity index (χ1n) is 6.86. The SMILES string of the molecule is C=C(C)C1CCC2(C)CC(O)C(O)C(C)C2C1. The molecule has 2 N–H and O–H groups in total. The molecule has 2 nitrogen and oxygen atoms in total. The van der Waals surface area contributed by atoms with Crippen molar-refractivity contribution in [2.45, 2.75) is 58.7 Å². The lowest BCUT2D eigenvalue weighted by Crippen LogP contribution is -2.52. The van der Waals surface area contributed by atoms with Crippen LogP contribution in [0.5, 0.6) is 0 Å². The van der Waals surface area contributed by atoms with Crippen LogP contribution in [0.4, 0.5) is 0 Å². The third-order valence-corrected chi connectivity index (χ3v) is 5.44. The summed E-state index contributed by atoms with van der Waals surface area (Å²) in [6, 6.07) is 0. The first kappa shape index (κ1) is 13.1. The molecule has 0 aromatic carbocycles. The summed E-state index contributed by atoms with van der Waals surface area (Å²) in [4.78, 5) is 0. The van der Waals surface area contributed by atoms with E-state index in [1.807, 2.05) is 0 Å². The van der Waals surface area contributed by atoms with Crippen LogP contribution in [0.15, 0.2) is 12.2 Å². The summed E-state index contributed by atoms with van der Waals surface area (Å²) in [5, 5.41) is 20.0. The summed E-state index contributed by atoms with van der Waals surface area (Å²) >= 11 is 0. The smallest absolute Gasteiger partial charge is 0.0827 e. The van der Waals surface area contributed by atoms with Gasteiger partial charge in [-0.3, -0.25) is 0 Å². The number of aliphatic hydroxyl groups is 2. The highest BCUT2D eigenvalue weighted by Gasteiger charge is 2.50. The Balaban J connectivity index is 2.19. The summed E-state index contributed by atoms with van der Waals surface area (Å²) in [6.45, 7) is 10.6. The van der Waals surface area contributed by atoms with Gasteiger partial charge >= 0.3 is 0 Å². The van der Waals surface area contributed by atoms with E-state index in [1.54, 1.807) is 0 Å². The fourth-order valence-electron chi connectivity index (χ4n) is 4.14. The lowest BCUT2D eigenvalue weighted by molar-refractivity contribution is -0.132. The molecule has 0 aliphatic heterocycles. The fraction of sp³-hybridized carbons (Fsp3) is 0.867. The van der Waals surface area contributed by atoms with Gasteiger partial charge in [-0.1, -0.05) is 26.0 Å². The van der Waals surface area contributed by atoms with E-state index >= 15 is 0 Å². The van der Waals surface area contributed by atoms with Crippen molar-refractivity contribution < 1.29 is 10.2 Å². The van der Waals surface area contributed by atoms with Crippen LogP contribution < -0.4 is 0 Å². The highest BCUT2D eigenvalue weighted by Crippen LogP contribution is 2.54. The molecule has 98 valence electrons. The molecule has 2 aliphatic rings. The highest BCUT2D eigenvalue weighted by molar-refractivity contribution is 5.06. The van der Waals surface area contributed by atoms with Crippen LogP contribution in [0.25, 0.3) is 0 Å². The van der Waals surface area contributed by atoms with Crippen molar-refractivity contribution in [1.82, 2.24) is 0 Å². The second-order valence-corrected chi connectivity index (χ2v) is 6.70. The van der Waals surface area contributed by atoms with E-state index in [-0.39, 0.29) is 11.3 Å². The molecule has 0 saturated heterocycles. The van der Waals surface area contributed by atoms with E-state index in [2.05, 4.69) is 27.4 Å². The zero-order chi connectivity index (χ0) is 12.8. The molecule has 0 amide bonds. The monoisotopic (exact) mass is 238 g/mol. The summed E-state index contributed by atoms with van der Waals surface area (Å²) in [7, 11) is 0. The molecule has 17 heavy (non-hydrogen) atoms. The molecule has 2 saturated carbocycles. The number of fused-ring (bicyclic) bond motifs is 1. The second kappa shape index (κ2) is 4.40. The van der Waals surface area contributed by atoms with Gasteiger partial charge < -0.3 is 10.2 Å². The Bertz CT molecular complexity index is 312. The van der Waals surface area contributed by atoms with Gasteiger partial charge in [0, 0.05) is 0 Å². The second-order valence-electron chi connectivity index (χ2n) is 6.70. The van der Waals surface area contributed by atoms with Gasteiger partial charge in [0.05, 0.1) is 12.2 Å². The predicted molar refractivity (Wildman–Crippen MR) is 69.5 cm³/mol. The minimum atomic E-state index is -0.544. The van der Waals surface area contributed by atoms with E-state index in [0.717, 1.165) is 19.3 Å². The molecule has 6 unspecified atom stereocenters. The summed E-state index contributed by atoms with van der Waals surface area (Å²) in [6.07, 6.45) is 3.16. The van der Waals surface area contributed by atoms with Crippen LogP contribution in [0.2, 0.25) is 0 Å². The lowest BCUT2D eigenvalue weighted by atomic mass is 9.53. The minimum Gasteiger partial charge on any atom is -0.390 e. The third kappa shape index (κ3) is 2.17. The van der Waals surface area contributed by atoms with E-state index in [1.165, 1.54) is 12.0 Å². The summed E-state index contributed by atoms with van der Waals surface area (Å²) < 4.78 is 0. The van der Waals surface area contributed by atoms with Crippen LogP contribution >= 0.6 is 0 Å². The maximum atomic E-state index is 10.1. The molecule has 2 rings (SSSR count). The van der Waals surface area contributed by atoms with E-state index in [0.29, 0.717) is 11.8 Å². The van der Waals surface area contributed by atoms with Crippen molar-refractivity contribution in [2.24, 2.45) is 23.2 Å². The largest absolute Gasteiger partial charge is 0.390 e. The van der Waals surface area contributed by atoms with Gasteiger partial charge in [0.15, 0.2) is 0 Å². The molecule has 2 aliphatic carbocycles. The highest BCUT2D eigenvalue weighted by atomic mass is 16.3. The molecule has 2 heteroatoms. The normalized spacial score (nSPS) is 50.8. The van der Waals surface area contributed by atoms with Crippen LogP contribution in [-0.4, -0.2) is 22.4 Å². The van der Waals surface area contributed by atoms with Gasteiger partial charge in [0.2, 0.25) is 0 Å². The van der Waals surface area contributed by atoms with E-state index in [9.17, 15) is 10.2 Å². The molecule has 0 bridgehead atoms. The quantitative estimate of drug-likeness (QED) is 0.690. The summed E-state index contributed by atoms with van der Waals surface area (Å²) in [5.41, 5.74) is 1.49. The number of aliphatic hydroxyl groups excluding tert-OH is 2. The predicted octanol–water partition coefficient (Wildman–Crippen LogP) is 2.75. The average molecular weight is 238 g/mol. The van der Waals surface area contributed by atoms with Crippen LogP contribution in [0.1, 0.15) is 46.5 Å². The van der Waals surface area contributed by atoms with E-state index in [4.69, 9.17) is 0 Å². The maximum Gasteiger partial charge on any atom is 0.0827 e. The van der Waals surface area contributed by atoms with Crippen molar-refractivity contribution in [3.8, 4) is 0 Å². The van der Waals surface area contributed by atoms with Gasteiger partial charge in [-0.25, -0.2) is 0 Å². The molecule has 0 aromatic rings. The van der Waals surface area contributed by atoms with Gasteiger partial charge in [-0.05, 0) is 55.8 Å². The molecular formula is C15H26O2. The Kier molecular flexibility index (Phi) is 3.39. The van der Waals surface area contributed by atoms with Gasteiger partial charge in [-0.2, -0.15) is 0 Å². The number of hydrogen-bond acceptors (Lipinski definition) is 2. The zero-order valence-corrected chi connectivity index (χ0v) is 11.3. The Morgan fingerprint density at radius 2 is 2.00 bits per heavy atom. The number of hydrogen-bond donors (Lipinski definition) is 2. The molecule has 0 spiro atoms. The Labute approximate surface area is 105 Å². The molecule has 0 radical (unpaired) electrons. The summed E-state index contributed by atoms with van der Waals surface area (Å²) in [5.74, 6) is 1.33. The Hall–Kier alpha value is -0.340. The molecule has 0 heterocycles. The first-order chi connectivity index (χ1) is 7.85. The molecular weight excluding hydrogens is 212 g/mol.